The van der Waals surface area contributed by atoms with Crippen LogP contribution in [0.25, 0.3) is 0 Å². The molecule has 0 N–H and O–H groups in total. The summed E-state index contributed by atoms with van der Waals surface area (Å²) < 4.78 is 0. The highest BCUT2D eigenvalue weighted by Crippen LogP contribution is 2.15. The van der Waals surface area contributed by atoms with Crippen LogP contribution in [0, 0.1) is 0 Å². The van der Waals surface area contributed by atoms with Crippen LogP contribution in [-0.2, 0) is 0 Å². The molecule has 0 spiro atoms. The predicted octanol–water partition coefficient (Wildman–Crippen LogP) is 2.96. The largest absolute Gasteiger partial charge is 0.268 e. The van der Waals surface area contributed by atoms with Crippen LogP contribution in [0.5, 0.6) is 0 Å². The third-order valence-corrected chi connectivity index (χ3v) is 3.20. The molecule has 2 aromatic carbocycles. The molecule has 5 nitrogen and oxygen atoms in total. The van der Waals surface area contributed by atoms with Crippen LogP contribution in [0.15, 0.2) is 79.1 Å². The Balaban J connectivity index is 2.05. The molecule has 1 heterocycles. The van der Waals surface area contributed by atoms with Crippen molar-refractivity contribution < 1.29 is 9.59 Å². The molecule has 3 aromatic rings. The molecular weight excluding hydrogens is 290 g/mol. The molecule has 0 saturated carbocycles. The molecule has 3 rings (SSSR count). The number of hydrogen-bond donors (Lipinski definition) is 0. The van der Waals surface area contributed by atoms with E-state index in [-0.39, 0.29) is 5.95 Å². The van der Waals surface area contributed by atoms with E-state index in [1.807, 2.05) is 0 Å². The average molecular weight is 303 g/mol. The van der Waals surface area contributed by atoms with E-state index in [4.69, 9.17) is 0 Å². The van der Waals surface area contributed by atoms with E-state index < -0.39 is 11.8 Å². The minimum absolute atomic E-state index is 0.0511. The van der Waals surface area contributed by atoms with Crippen molar-refractivity contribution in [3.8, 4) is 0 Å². The minimum Gasteiger partial charge on any atom is -0.268 e. The van der Waals surface area contributed by atoms with Gasteiger partial charge in [-0.3, -0.25) is 9.59 Å². The van der Waals surface area contributed by atoms with Crippen LogP contribution < -0.4 is 4.90 Å². The fourth-order valence-electron chi connectivity index (χ4n) is 2.10. The summed E-state index contributed by atoms with van der Waals surface area (Å²) in [6.07, 6.45) is 2.98. The monoisotopic (exact) mass is 303 g/mol. The number of rotatable bonds is 3. The average Bonchev–Trinajstić information content (AvgIpc) is 2.64. The highest BCUT2D eigenvalue weighted by atomic mass is 16.2. The Hall–Kier alpha value is -3.34. The van der Waals surface area contributed by atoms with Gasteiger partial charge in [0.15, 0.2) is 0 Å². The van der Waals surface area contributed by atoms with Gasteiger partial charge in [0.1, 0.15) is 0 Å². The lowest BCUT2D eigenvalue weighted by Gasteiger charge is -2.18. The quantitative estimate of drug-likeness (QED) is 0.698. The summed E-state index contributed by atoms with van der Waals surface area (Å²) in [7, 11) is 0. The van der Waals surface area contributed by atoms with Crippen LogP contribution in [-0.4, -0.2) is 21.8 Å². The van der Waals surface area contributed by atoms with E-state index in [0.29, 0.717) is 11.1 Å². The van der Waals surface area contributed by atoms with Crippen LogP contribution in [0.1, 0.15) is 20.7 Å². The Morgan fingerprint density at radius 1 is 0.652 bits per heavy atom. The first-order valence-corrected chi connectivity index (χ1v) is 7.03. The van der Waals surface area contributed by atoms with E-state index in [2.05, 4.69) is 9.97 Å². The lowest BCUT2D eigenvalue weighted by atomic mass is 10.1. The van der Waals surface area contributed by atoms with Crippen LogP contribution in [0.3, 0.4) is 0 Å². The van der Waals surface area contributed by atoms with Gasteiger partial charge in [0, 0.05) is 23.5 Å². The highest BCUT2D eigenvalue weighted by Gasteiger charge is 2.27. The summed E-state index contributed by atoms with van der Waals surface area (Å²) in [4.78, 5) is 34.7. The number of aromatic nitrogens is 2. The Kier molecular flexibility index (Phi) is 4.20. The fourth-order valence-corrected chi connectivity index (χ4v) is 2.10. The van der Waals surface area contributed by atoms with Crippen molar-refractivity contribution in [1.29, 1.82) is 0 Å². The highest BCUT2D eigenvalue weighted by molar-refractivity contribution is 6.24. The Bertz CT molecular complexity index is 754. The summed E-state index contributed by atoms with van der Waals surface area (Å²) in [6, 6.07) is 18.8. The first-order chi connectivity index (χ1) is 11.3. The van der Waals surface area contributed by atoms with E-state index in [1.54, 1.807) is 66.7 Å². The standard InChI is InChI=1S/C18H13N3O2/c22-16(14-8-3-1-4-9-14)21(18-19-12-7-13-20-18)17(23)15-10-5-2-6-11-15/h1-13H. The summed E-state index contributed by atoms with van der Waals surface area (Å²) >= 11 is 0. The van der Waals surface area contributed by atoms with Gasteiger partial charge in [-0.05, 0) is 30.3 Å². The van der Waals surface area contributed by atoms with Gasteiger partial charge < -0.3 is 0 Å². The smallest absolute Gasteiger partial charge is 0.267 e. The first-order valence-electron chi connectivity index (χ1n) is 7.03. The fraction of sp³-hybridized carbons (Fsp3) is 0. The maximum Gasteiger partial charge on any atom is 0.267 e. The summed E-state index contributed by atoms with van der Waals surface area (Å²) in [5, 5.41) is 0. The number of benzene rings is 2. The second-order valence-corrected chi connectivity index (χ2v) is 4.73. The third-order valence-electron chi connectivity index (χ3n) is 3.20. The molecule has 1 aromatic heterocycles. The maximum absolute atomic E-state index is 12.8. The number of carbonyl (C=O) groups is 2. The predicted molar refractivity (Wildman–Crippen MR) is 86.1 cm³/mol. The number of hydrogen-bond acceptors (Lipinski definition) is 4. The van der Waals surface area contributed by atoms with Crippen molar-refractivity contribution in [2.75, 3.05) is 4.90 Å². The molecule has 0 aliphatic heterocycles. The molecule has 0 bridgehead atoms. The lowest BCUT2D eigenvalue weighted by molar-refractivity contribution is 0.0895. The Morgan fingerprint density at radius 2 is 1.09 bits per heavy atom. The second-order valence-electron chi connectivity index (χ2n) is 4.73. The molecule has 112 valence electrons. The van der Waals surface area contributed by atoms with Crippen molar-refractivity contribution in [3.63, 3.8) is 0 Å². The molecule has 0 saturated heterocycles. The zero-order valence-electron chi connectivity index (χ0n) is 12.2. The van der Waals surface area contributed by atoms with Gasteiger partial charge in [0.2, 0.25) is 5.95 Å². The van der Waals surface area contributed by atoms with Gasteiger partial charge in [-0.15, -0.1) is 0 Å². The van der Waals surface area contributed by atoms with E-state index >= 15 is 0 Å². The van der Waals surface area contributed by atoms with Crippen molar-refractivity contribution in [2.24, 2.45) is 0 Å². The molecule has 0 aliphatic rings. The molecule has 0 fully saturated rings. The summed E-state index contributed by atoms with van der Waals surface area (Å²) in [6.45, 7) is 0. The molecule has 0 unspecified atom stereocenters. The van der Waals surface area contributed by atoms with Gasteiger partial charge in [0.05, 0.1) is 0 Å². The van der Waals surface area contributed by atoms with E-state index in [1.165, 1.54) is 12.4 Å². The van der Waals surface area contributed by atoms with E-state index in [9.17, 15) is 9.59 Å². The topological polar surface area (TPSA) is 63.2 Å². The molecule has 0 atom stereocenters. The van der Waals surface area contributed by atoms with Gasteiger partial charge in [-0.25, -0.2) is 14.9 Å². The lowest BCUT2D eigenvalue weighted by Crippen LogP contribution is -2.38. The number of carbonyl (C=O) groups excluding carboxylic acids is 2. The number of amides is 2. The van der Waals surface area contributed by atoms with Crippen molar-refractivity contribution in [3.05, 3.63) is 90.3 Å². The number of imide groups is 1. The molecule has 5 heteroatoms. The molecule has 0 radical (unpaired) electrons. The van der Waals surface area contributed by atoms with Crippen molar-refractivity contribution in [2.45, 2.75) is 0 Å². The second kappa shape index (κ2) is 6.62. The Morgan fingerprint density at radius 3 is 1.52 bits per heavy atom. The molecule has 23 heavy (non-hydrogen) atoms. The van der Waals surface area contributed by atoms with Crippen LogP contribution in [0.2, 0.25) is 0 Å². The van der Waals surface area contributed by atoms with Crippen LogP contribution >= 0.6 is 0 Å². The van der Waals surface area contributed by atoms with E-state index in [0.717, 1.165) is 4.90 Å². The zero-order valence-corrected chi connectivity index (χ0v) is 12.2. The van der Waals surface area contributed by atoms with Crippen molar-refractivity contribution >= 4 is 17.8 Å². The van der Waals surface area contributed by atoms with Crippen LogP contribution in [0.4, 0.5) is 5.95 Å². The zero-order chi connectivity index (χ0) is 16.1. The van der Waals surface area contributed by atoms with Gasteiger partial charge >= 0.3 is 0 Å². The van der Waals surface area contributed by atoms with Gasteiger partial charge in [-0.2, -0.15) is 0 Å². The maximum atomic E-state index is 12.8. The van der Waals surface area contributed by atoms with Gasteiger partial charge in [-0.1, -0.05) is 36.4 Å². The number of anilines is 1. The molecule has 0 aliphatic carbocycles. The van der Waals surface area contributed by atoms with Crippen molar-refractivity contribution in [1.82, 2.24) is 9.97 Å². The summed E-state index contributed by atoms with van der Waals surface area (Å²) in [5.41, 5.74) is 0.786. The first kappa shape index (κ1) is 14.6. The van der Waals surface area contributed by atoms with Gasteiger partial charge in [0.25, 0.3) is 11.8 Å². The SMILES string of the molecule is O=C(c1ccccc1)N(C(=O)c1ccccc1)c1ncccn1. The molecule has 2 amide bonds. The molecular formula is C18H13N3O2. The normalized spacial score (nSPS) is 10.1. The number of nitrogens with zero attached hydrogens (tertiary/aromatic N) is 3. The third kappa shape index (κ3) is 3.13. The minimum atomic E-state index is -0.467. The summed E-state index contributed by atoms with van der Waals surface area (Å²) in [5.74, 6) is -0.883. The Labute approximate surface area is 133 Å².